The van der Waals surface area contributed by atoms with E-state index in [1.165, 1.54) is 11.8 Å². The number of ether oxygens (including phenoxy) is 2. The molecule has 3 nitrogen and oxygen atoms in total. The third kappa shape index (κ3) is 3.07. The van der Waals surface area contributed by atoms with Crippen LogP contribution in [0.1, 0.15) is 13.8 Å². The van der Waals surface area contributed by atoms with Crippen LogP contribution in [0, 0.1) is 11.3 Å². The summed E-state index contributed by atoms with van der Waals surface area (Å²) in [5.41, 5.74) is 0. The second-order valence-corrected chi connectivity index (χ2v) is 5.41. The molecular weight excluding hydrogens is 222 g/mol. The molecule has 0 N–H and O–H groups in total. The minimum atomic E-state index is -0.470. The molecule has 0 radical (unpaired) electrons. The molecule has 0 fully saturated rings. The molecule has 0 atom stereocenters. The zero-order valence-corrected chi connectivity index (χ0v) is 10.7. The second-order valence-electron chi connectivity index (χ2n) is 3.74. The van der Waals surface area contributed by atoms with Crippen molar-refractivity contribution in [1.82, 2.24) is 0 Å². The molecule has 1 rings (SSSR count). The molecular formula is C12H15NO2S. The number of rotatable bonds is 4. The topological polar surface area (TPSA) is 42.2 Å². The van der Waals surface area contributed by atoms with Gasteiger partial charge < -0.3 is 9.47 Å². The Hall–Kier alpha value is -1.34. The monoisotopic (exact) mass is 237 g/mol. The van der Waals surface area contributed by atoms with E-state index in [-0.39, 0.29) is 0 Å². The molecule has 0 aliphatic carbocycles. The molecule has 0 aromatic heterocycles. The molecule has 0 saturated carbocycles. The minimum absolute atomic E-state index is 0.470. The summed E-state index contributed by atoms with van der Waals surface area (Å²) < 4.78 is 9.91. The normalized spacial score (nSPS) is 10.7. The van der Waals surface area contributed by atoms with Crippen LogP contribution in [-0.2, 0) is 0 Å². The molecule has 0 amide bonds. The van der Waals surface area contributed by atoms with Gasteiger partial charge in [0.25, 0.3) is 0 Å². The van der Waals surface area contributed by atoms with Crippen molar-refractivity contribution >= 4 is 11.8 Å². The summed E-state index contributed by atoms with van der Waals surface area (Å²) in [6, 6.07) is 7.82. The lowest BCUT2D eigenvalue weighted by Crippen LogP contribution is -2.10. The van der Waals surface area contributed by atoms with Crippen LogP contribution in [0.5, 0.6) is 11.5 Å². The van der Waals surface area contributed by atoms with Crippen LogP contribution in [-0.4, -0.2) is 19.0 Å². The Labute approximate surface area is 100 Å². The van der Waals surface area contributed by atoms with Crippen molar-refractivity contribution < 1.29 is 9.47 Å². The van der Waals surface area contributed by atoms with Gasteiger partial charge in [-0.3, -0.25) is 0 Å². The Kier molecular flexibility index (Phi) is 4.08. The van der Waals surface area contributed by atoms with Gasteiger partial charge in [-0.15, -0.1) is 11.8 Å². The third-order valence-corrected chi connectivity index (χ3v) is 3.16. The molecule has 1 aromatic carbocycles. The molecule has 0 bridgehead atoms. The fraction of sp³-hybridized carbons (Fsp3) is 0.417. The van der Waals surface area contributed by atoms with Gasteiger partial charge in [0.05, 0.1) is 25.2 Å². The maximum Gasteiger partial charge on any atom is 0.136 e. The lowest BCUT2D eigenvalue weighted by Gasteiger charge is -2.17. The zero-order valence-electron chi connectivity index (χ0n) is 9.90. The first-order valence-corrected chi connectivity index (χ1v) is 5.66. The predicted octanol–water partition coefficient (Wildman–Crippen LogP) is 3.10. The third-order valence-electron chi connectivity index (χ3n) is 2.01. The highest BCUT2D eigenvalue weighted by Crippen LogP contribution is 2.39. The van der Waals surface area contributed by atoms with Gasteiger partial charge in [-0.25, -0.2) is 0 Å². The quantitative estimate of drug-likeness (QED) is 0.755. The summed E-state index contributed by atoms with van der Waals surface area (Å²) in [6.07, 6.45) is 0. The van der Waals surface area contributed by atoms with Gasteiger partial charge in [0.1, 0.15) is 16.2 Å². The first kappa shape index (κ1) is 12.7. The van der Waals surface area contributed by atoms with E-state index in [9.17, 15) is 0 Å². The standard InChI is InChI=1S/C12H15NO2S/c1-12(2,8-13)16-11-6-5-9(14-3)7-10(11)15-4/h5-7H,1-4H3. The smallest absolute Gasteiger partial charge is 0.136 e. The van der Waals surface area contributed by atoms with Crippen LogP contribution in [0.2, 0.25) is 0 Å². The molecule has 86 valence electrons. The fourth-order valence-electron chi connectivity index (χ4n) is 1.16. The van der Waals surface area contributed by atoms with Gasteiger partial charge >= 0.3 is 0 Å². The highest BCUT2D eigenvalue weighted by molar-refractivity contribution is 8.01. The van der Waals surface area contributed by atoms with Gasteiger partial charge in [0.15, 0.2) is 0 Å². The van der Waals surface area contributed by atoms with Gasteiger partial charge in [-0.1, -0.05) is 0 Å². The van der Waals surface area contributed by atoms with E-state index in [1.54, 1.807) is 14.2 Å². The molecule has 0 aliphatic rings. The molecule has 1 aromatic rings. The maximum atomic E-state index is 8.98. The van der Waals surface area contributed by atoms with Crippen molar-refractivity contribution in [2.75, 3.05) is 14.2 Å². The van der Waals surface area contributed by atoms with Crippen molar-refractivity contribution in [2.45, 2.75) is 23.5 Å². The number of methoxy groups -OCH3 is 2. The summed E-state index contributed by atoms with van der Waals surface area (Å²) in [6.45, 7) is 3.75. The van der Waals surface area contributed by atoms with Crippen LogP contribution >= 0.6 is 11.8 Å². The Morgan fingerprint density at radius 1 is 1.25 bits per heavy atom. The first-order valence-electron chi connectivity index (χ1n) is 4.84. The SMILES string of the molecule is COc1ccc(SC(C)(C)C#N)c(OC)c1. The average molecular weight is 237 g/mol. The van der Waals surface area contributed by atoms with E-state index in [2.05, 4.69) is 6.07 Å². The van der Waals surface area contributed by atoms with Gasteiger partial charge in [-0.05, 0) is 26.0 Å². The van der Waals surface area contributed by atoms with Gasteiger partial charge in [0, 0.05) is 6.07 Å². The summed E-state index contributed by atoms with van der Waals surface area (Å²) in [5, 5.41) is 8.98. The highest BCUT2D eigenvalue weighted by atomic mass is 32.2. The minimum Gasteiger partial charge on any atom is -0.497 e. The summed E-state index contributed by atoms with van der Waals surface area (Å²) in [5.74, 6) is 1.48. The van der Waals surface area contributed by atoms with Crippen LogP contribution in [0.15, 0.2) is 23.1 Å². The molecule has 0 saturated heterocycles. The van der Waals surface area contributed by atoms with E-state index in [4.69, 9.17) is 14.7 Å². The van der Waals surface area contributed by atoms with Crippen molar-refractivity contribution in [3.05, 3.63) is 18.2 Å². The van der Waals surface area contributed by atoms with Crippen LogP contribution in [0.4, 0.5) is 0 Å². The van der Waals surface area contributed by atoms with Crippen molar-refractivity contribution in [3.8, 4) is 17.6 Å². The summed E-state index contributed by atoms with van der Waals surface area (Å²) >= 11 is 1.47. The van der Waals surface area contributed by atoms with E-state index in [0.29, 0.717) is 0 Å². The number of hydrogen-bond donors (Lipinski definition) is 0. The second kappa shape index (κ2) is 5.13. The molecule has 16 heavy (non-hydrogen) atoms. The average Bonchev–Trinajstić information content (AvgIpc) is 2.29. The van der Waals surface area contributed by atoms with Crippen molar-refractivity contribution in [3.63, 3.8) is 0 Å². The number of hydrogen-bond acceptors (Lipinski definition) is 4. The largest absolute Gasteiger partial charge is 0.497 e. The summed E-state index contributed by atoms with van der Waals surface area (Å²) in [4.78, 5) is 0.940. The van der Waals surface area contributed by atoms with Crippen LogP contribution in [0.3, 0.4) is 0 Å². The van der Waals surface area contributed by atoms with E-state index < -0.39 is 4.75 Å². The molecule has 0 unspecified atom stereocenters. The van der Waals surface area contributed by atoms with Crippen molar-refractivity contribution in [1.29, 1.82) is 5.26 Å². The number of nitriles is 1. The number of thioether (sulfide) groups is 1. The van der Waals surface area contributed by atoms with E-state index >= 15 is 0 Å². The Morgan fingerprint density at radius 3 is 2.44 bits per heavy atom. The van der Waals surface area contributed by atoms with Crippen LogP contribution in [0.25, 0.3) is 0 Å². The Bertz CT molecular complexity index is 410. The van der Waals surface area contributed by atoms with Gasteiger partial charge in [-0.2, -0.15) is 5.26 Å². The first-order chi connectivity index (χ1) is 7.52. The molecule has 4 heteroatoms. The van der Waals surface area contributed by atoms with E-state index in [0.717, 1.165) is 16.4 Å². The number of benzene rings is 1. The van der Waals surface area contributed by atoms with Crippen molar-refractivity contribution in [2.24, 2.45) is 0 Å². The predicted molar refractivity (Wildman–Crippen MR) is 65.1 cm³/mol. The highest BCUT2D eigenvalue weighted by Gasteiger charge is 2.20. The zero-order chi connectivity index (χ0) is 12.2. The lowest BCUT2D eigenvalue weighted by atomic mass is 10.2. The molecule has 0 aliphatic heterocycles. The molecule has 0 heterocycles. The maximum absolute atomic E-state index is 8.98. The fourth-order valence-corrected chi connectivity index (χ4v) is 2.13. The van der Waals surface area contributed by atoms with Gasteiger partial charge in [0.2, 0.25) is 0 Å². The Morgan fingerprint density at radius 2 is 1.94 bits per heavy atom. The number of nitrogens with zero attached hydrogens (tertiary/aromatic N) is 1. The van der Waals surface area contributed by atoms with Crippen LogP contribution < -0.4 is 9.47 Å². The summed E-state index contributed by atoms with van der Waals surface area (Å²) in [7, 11) is 3.22. The lowest BCUT2D eigenvalue weighted by molar-refractivity contribution is 0.387. The Balaban J connectivity index is 3.01. The molecule has 0 spiro atoms. The van der Waals surface area contributed by atoms with E-state index in [1.807, 2.05) is 32.0 Å².